The van der Waals surface area contributed by atoms with Crippen molar-refractivity contribution in [2.24, 2.45) is 5.92 Å². The molecule has 21 heavy (non-hydrogen) atoms. The van der Waals surface area contributed by atoms with Crippen LogP contribution in [0.1, 0.15) is 49.4 Å². The van der Waals surface area contributed by atoms with Crippen molar-refractivity contribution >= 4 is 15.8 Å². The zero-order valence-electron chi connectivity index (χ0n) is 12.6. The van der Waals surface area contributed by atoms with Gasteiger partial charge in [-0.25, -0.2) is 17.9 Å². The van der Waals surface area contributed by atoms with Crippen LogP contribution in [0.5, 0.6) is 0 Å². The summed E-state index contributed by atoms with van der Waals surface area (Å²) in [5.74, 6) is 0.0191. The van der Waals surface area contributed by atoms with Crippen molar-refractivity contribution in [1.29, 1.82) is 0 Å². The van der Waals surface area contributed by atoms with Crippen LogP contribution in [0, 0.1) is 5.92 Å². The highest BCUT2D eigenvalue weighted by atomic mass is 32.2. The van der Waals surface area contributed by atoms with Crippen LogP contribution >= 0.6 is 0 Å². The molecule has 8 heteroatoms. The van der Waals surface area contributed by atoms with Crippen molar-refractivity contribution in [3.05, 3.63) is 11.4 Å². The van der Waals surface area contributed by atoms with Crippen LogP contribution in [0.3, 0.4) is 0 Å². The number of esters is 1. The van der Waals surface area contributed by atoms with Crippen LogP contribution in [-0.2, 0) is 21.0 Å². The number of sulfone groups is 1. The van der Waals surface area contributed by atoms with Gasteiger partial charge in [-0.2, -0.15) is 0 Å². The first-order valence-electron chi connectivity index (χ1n) is 7.15. The average molecular weight is 315 g/mol. The van der Waals surface area contributed by atoms with E-state index in [9.17, 15) is 13.2 Å². The fourth-order valence-corrected chi connectivity index (χ4v) is 4.20. The third kappa shape index (κ3) is 3.61. The molecule has 1 aliphatic heterocycles. The summed E-state index contributed by atoms with van der Waals surface area (Å²) in [5.41, 5.74) is 0.875. The van der Waals surface area contributed by atoms with Crippen LogP contribution < -0.4 is 0 Å². The van der Waals surface area contributed by atoms with Crippen molar-refractivity contribution in [3.63, 3.8) is 0 Å². The van der Waals surface area contributed by atoms with Gasteiger partial charge in [-0.05, 0) is 25.7 Å². The van der Waals surface area contributed by atoms with Crippen molar-refractivity contribution in [3.8, 4) is 0 Å². The van der Waals surface area contributed by atoms with Gasteiger partial charge in [0, 0.05) is 0 Å². The molecule has 1 unspecified atom stereocenters. The molecule has 7 nitrogen and oxygen atoms in total. The Balaban J connectivity index is 2.35. The molecule has 118 valence electrons. The second kappa shape index (κ2) is 6.13. The van der Waals surface area contributed by atoms with Gasteiger partial charge in [0.05, 0.1) is 29.8 Å². The SMILES string of the molecule is CCOC(=O)c1nnn(C2CCS(=O)(=O)C2)c1CC(C)C. The molecule has 2 rings (SSSR count). The summed E-state index contributed by atoms with van der Waals surface area (Å²) < 4.78 is 29.9. The summed E-state index contributed by atoms with van der Waals surface area (Å²) in [6.07, 6.45) is 1.12. The second-order valence-electron chi connectivity index (χ2n) is 5.70. The third-order valence-electron chi connectivity index (χ3n) is 3.42. The maximum absolute atomic E-state index is 11.9. The van der Waals surface area contributed by atoms with Gasteiger partial charge in [0.15, 0.2) is 15.5 Å². The maximum atomic E-state index is 11.9. The molecule has 2 heterocycles. The molecule has 0 N–H and O–H groups in total. The smallest absolute Gasteiger partial charge is 0.360 e. The zero-order valence-corrected chi connectivity index (χ0v) is 13.4. The Morgan fingerprint density at radius 1 is 1.48 bits per heavy atom. The van der Waals surface area contributed by atoms with E-state index in [1.807, 2.05) is 13.8 Å². The number of ether oxygens (including phenoxy) is 1. The normalized spacial score (nSPS) is 20.9. The van der Waals surface area contributed by atoms with E-state index >= 15 is 0 Å². The quantitative estimate of drug-likeness (QED) is 0.753. The van der Waals surface area contributed by atoms with Crippen molar-refractivity contribution < 1.29 is 17.9 Å². The van der Waals surface area contributed by atoms with Crippen LogP contribution in [0.15, 0.2) is 0 Å². The topological polar surface area (TPSA) is 91.2 Å². The lowest BCUT2D eigenvalue weighted by molar-refractivity contribution is 0.0517. The minimum atomic E-state index is -3.01. The Labute approximate surface area is 124 Å². The Morgan fingerprint density at radius 2 is 2.19 bits per heavy atom. The number of carbonyl (C=O) groups is 1. The fraction of sp³-hybridized carbons (Fsp3) is 0.769. The first-order valence-corrected chi connectivity index (χ1v) is 8.97. The Kier molecular flexibility index (Phi) is 4.65. The lowest BCUT2D eigenvalue weighted by Crippen LogP contribution is -2.18. The maximum Gasteiger partial charge on any atom is 0.360 e. The molecule has 1 saturated heterocycles. The first-order chi connectivity index (χ1) is 9.84. The van der Waals surface area contributed by atoms with Crippen LogP contribution in [0.2, 0.25) is 0 Å². The molecule has 1 fully saturated rings. The Bertz CT molecular complexity index is 621. The van der Waals surface area contributed by atoms with Crippen LogP contribution in [0.4, 0.5) is 0 Å². The molecule has 0 aromatic carbocycles. The molecule has 1 aromatic heterocycles. The number of rotatable bonds is 5. The number of hydrogen-bond acceptors (Lipinski definition) is 6. The average Bonchev–Trinajstić information content (AvgIpc) is 2.92. The van der Waals surface area contributed by atoms with E-state index < -0.39 is 15.8 Å². The molecular weight excluding hydrogens is 294 g/mol. The molecule has 1 atom stereocenters. The summed E-state index contributed by atoms with van der Waals surface area (Å²) in [5, 5.41) is 7.95. The van der Waals surface area contributed by atoms with Gasteiger partial charge >= 0.3 is 5.97 Å². The molecule has 0 spiro atoms. The van der Waals surface area contributed by atoms with Gasteiger partial charge < -0.3 is 4.74 Å². The van der Waals surface area contributed by atoms with E-state index in [-0.39, 0.29) is 29.8 Å². The lowest BCUT2D eigenvalue weighted by atomic mass is 10.1. The van der Waals surface area contributed by atoms with Gasteiger partial charge in [0.1, 0.15) is 0 Å². The van der Waals surface area contributed by atoms with Crippen molar-refractivity contribution in [2.45, 2.75) is 39.7 Å². The van der Waals surface area contributed by atoms with E-state index in [0.29, 0.717) is 24.5 Å². The van der Waals surface area contributed by atoms with Crippen LogP contribution in [-0.4, -0.2) is 47.5 Å². The highest BCUT2D eigenvalue weighted by Gasteiger charge is 2.33. The van der Waals surface area contributed by atoms with E-state index in [1.165, 1.54) is 0 Å². The fourth-order valence-electron chi connectivity index (χ4n) is 2.51. The van der Waals surface area contributed by atoms with Gasteiger partial charge in [-0.1, -0.05) is 19.1 Å². The van der Waals surface area contributed by atoms with Crippen molar-refractivity contribution in [2.75, 3.05) is 18.1 Å². The lowest BCUT2D eigenvalue weighted by Gasteiger charge is -2.14. The van der Waals surface area contributed by atoms with E-state index in [1.54, 1.807) is 11.6 Å². The summed E-state index contributed by atoms with van der Waals surface area (Å²) in [7, 11) is -3.01. The predicted octanol–water partition coefficient (Wildman–Crippen LogP) is 1.01. The minimum absolute atomic E-state index is 0.0592. The standard InChI is InChI=1S/C13H21N3O4S/c1-4-20-13(17)12-11(7-9(2)3)16(15-14-12)10-5-6-21(18,19)8-10/h9-10H,4-8H2,1-3H3. The number of hydrogen-bond donors (Lipinski definition) is 0. The van der Waals surface area contributed by atoms with Gasteiger partial charge in [-0.15, -0.1) is 5.10 Å². The largest absolute Gasteiger partial charge is 0.461 e. The molecule has 0 aliphatic carbocycles. The Morgan fingerprint density at radius 3 is 2.71 bits per heavy atom. The number of aromatic nitrogens is 3. The van der Waals surface area contributed by atoms with E-state index in [0.717, 1.165) is 0 Å². The van der Waals surface area contributed by atoms with Gasteiger partial charge in [-0.3, -0.25) is 0 Å². The van der Waals surface area contributed by atoms with Crippen molar-refractivity contribution in [1.82, 2.24) is 15.0 Å². The predicted molar refractivity (Wildman–Crippen MR) is 76.8 cm³/mol. The second-order valence-corrected chi connectivity index (χ2v) is 7.93. The summed E-state index contributed by atoms with van der Waals surface area (Å²) in [6, 6.07) is -0.237. The molecule has 0 amide bonds. The first kappa shape index (κ1) is 15.9. The third-order valence-corrected chi connectivity index (χ3v) is 5.17. The van der Waals surface area contributed by atoms with E-state index in [4.69, 9.17) is 4.74 Å². The molecule has 1 aliphatic rings. The molecule has 0 radical (unpaired) electrons. The highest BCUT2D eigenvalue weighted by molar-refractivity contribution is 7.91. The van der Waals surface area contributed by atoms with Crippen LogP contribution in [0.25, 0.3) is 0 Å². The summed E-state index contributed by atoms with van der Waals surface area (Å²) in [4.78, 5) is 11.9. The Hall–Kier alpha value is -1.44. The number of carbonyl (C=O) groups excluding carboxylic acids is 1. The minimum Gasteiger partial charge on any atom is -0.461 e. The molecular formula is C13H21N3O4S. The summed E-state index contributed by atoms with van der Waals surface area (Å²) in [6.45, 7) is 6.05. The summed E-state index contributed by atoms with van der Waals surface area (Å²) >= 11 is 0. The molecule has 0 bridgehead atoms. The molecule has 0 saturated carbocycles. The zero-order chi connectivity index (χ0) is 15.6. The molecule has 1 aromatic rings. The van der Waals surface area contributed by atoms with Gasteiger partial charge in [0.2, 0.25) is 0 Å². The number of nitrogens with zero attached hydrogens (tertiary/aromatic N) is 3. The van der Waals surface area contributed by atoms with Gasteiger partial charge in [0.25, 0.3) is 0 Å². The highest BCUT2D eigenvalue weighted by Crippen LogP contribution is 2.26. The van der Waals surface area contributed by atoms with E-state index in [2.05, 4.69) is 10.3 Å². The monoisotopic (exact) mass is 315 g/mol.